The smallest absolute Gasteiger partial charge is 0.183 e. The van der Waals surface area contributed by atoms with Crippen molar-refractivity contribution in [3.05, 3.63) is 0 Å². The Hall–Kier alpha value is -0.120. The van der Waals surface area contributed by atoms with Crippen LogP contribution in [0.15, 0.2) is 0 Å². The van der Waals surface area contributed by atoms with Gasteiger partial charge < -0.3 is 14.2 Å². The maximum atomic E-state index is 5.26. The molecule has 1 saturated heterocycles. The van der Waals surface area contributed by atoms with Gasteiger partial charge in [0.05, 0.1) is 6.61 Å². The van der Waals surface area contributed by atoms with Gasteiger partial charge in [-0.1, -0.05) is 0 Å². The second-order valence-corrected chi connectivity index (χ2v) is 2.26. The zero-order chi connectivity index (χ0) is 7.40. The standard InChI is InChI=1S/C7H14O3/c1-3-9-7-6(8-2)4-5-10-7/h6-7H,3-5H2,1-2H3/t6-,7-/m0/s1. The molecule has 2 atom stereocenters. The quantitative estimate of drug-likeness (QED) is 0.589. The molecular weight excluding hydrogens is 132 g/mol. The molecule has 1 heterocycles. The Labute approximate surface area is 61.3 Å². The van der Waals surface area contributed by atoms with Crippen LogP contribution in [0.3, 0.4) is 0 Å². The normalized spacial score (nSPS) is 33.0. The second kappa shape index (κ2) is 3.91. The van der Waals surface area contributed by atoms with Crippen molar-refractivity contribution < 1.29 is 14.2 Å². The highest BCUT2D eigenvalue weighted by Crippen LogP contribution is 2.16. The van der Waals surface area contributed by atoms with Crippen LogP contribution in [0.2, 0.25) is 0 Å². The fraction of sp³-hybridized carbons (Fsp3) is 1.00. The molecule has 0 saturated carbocycles. The summed E-state index contributed by atoms with van der Waals surface area (Å²) in [6.45, 7) is 3.39. The van der Waals surface area contributed by atoms with Crippen LogP contribution in [0, 0.1) is 0 Å². The minimum absolute atomic E-state index is 0.130. The molecule has 0 unspecified atom stereocenters. The van der Waals surface area contributed by atoms with Crippen LogP contribution in [0.1, 0.15) is 13.3 Å². The topological polar surface area (TPSA) is 27.7 Å². The first-order valence-corrected chi connectivity index (χ1v) is 3.64. The van der Waals surface area contributed by atoms with Crippen LogP contribution in [-0.2, 0) is 14.2 Å². The third-order valence-electron chi connectivity index (χ3n) is 1.62. The zero-order valence-corrected chi connectivity index (χ0v) is 6.50. The molecule has 1 aliphatic rings. The highest BCUT2D eigenvalue weighted by molar-refractivity contribution is 4.68. The van der Waals surface area contributed by atoms with Gasteiger partial charge in [0.15, 0.2) is 6.29 Å². The molecule has 1 rings (SSSR count). The van der Waals surface area contributed by atoms with Crippen molar-refractivity contribution in [1.82, 2.24) is 0 Å². The van der Waals surface area contributed by atoms with E-state index in [0.717, 1.165) is 13.0 Å². The molecule has 10 heavy (non-hydrogen) atoms. The van der Waals surface area contributed by atoms with Crippen molar-refractivity contribution in [2.24, 2.45) is 0 Å². The summed E-state index contributed by atoms with van der Waals surface area (Å²) < 4.78 is 15.6. The molecule has 0 aliphatic carbocycles. The monoisotopic (exact) mass is 146 g/mol. The Morgan fingerprint density at radius 1 is 1.60 bits per heavy atom. The van der Waals surface area contributed by atoms with Gasteiger partial charge in [-0.3, -0.25) is 0 Å². The van der Waals surface area contributed by atoms with E-state index in [1.165, 1.54) is 0 Å². The molecule has 1 aliphatic heterocycles. The van der Waals surface area contributed by atoms with E-state index in [2.05, 4.69) is 0 Å². The maximum Gasteiger partial charge on any atom is 0.183 e. The lowest BCUT2D eigenvalue weighted by atomic mass is 10.3. The van der Waals surface area contributed by atoms with Crippen molar-refractivity contribution in [3.8, 4) is 0 Å². The van der Waals surface area contributed by atoms with E-state index in [1.54, 1.807) is 7.11 Å². The van der Waals surface area contributed by atoms with Crippen LogP contribution in [0.25, 0.3) is 0 Å². The van der Waals surface area contributed by atoms with Gasteiger partial charge >= 0.3 is 0 Å². The summed E-state index contributed by atoms with van der Waals surface area (Å²) in [5.41, 5.74) is 0. The van der Waals surface area contributed by atoms with Crippen LogP contribution in [0.4, 0.5) is 0 Å². The number of rotatable bonds is 3. The largest absolute Gasteiger partial charge is 0.376 e. The molecule has 0 N–H and O–H groups in total. The molecule has 1 fully saturated rings. The molecule has 0 spiro atoms. The Balaban J connectivity index is 2.27. The predicted molar refractivity (Wildman–Crippen MR) is 36.8 cm³/mol. The number of hydrogen-bond acceptors (Lipinski definition) is 3. The van der Waals surface area contributed by atoms with Crippen LogP contribution >= 0.6 is 0 Å². The summed E-state index contributed by atoms with van der Waals surface area (Å²) in [5, 5.41) is 0. The lowest BCUT2D eigenvalue weighted by molar-refractivity contribution is -0.154. The number of methoxy groups -OCH3 is 1. The number of hydrogen-bond donors (Lipinski definition) is 0. The van der Waals surface area contributed by atoms with Crippen LogP contribution in [0.5, 0.6) is 0 Å². The summed E-state index contributed by atoms with van der Waals surface area (Å²) in [4.78, 5) is 0. The van der Waals surface area contributed by atoms with Gasteiger partial charge in [-0.25, -0.2) is 0 Å². The van der Waals surface area contributed by atoms with E-state index in [9.17, 15) is 0 Å². The first-order chi connectivity index (χ1) is 4.88. The average Bonchev–Trinajstić information content (AvgIpc) is 2.36. The molecule has 60 valence electrons. The molecule has 0 aromatic carbocycles. The van der Waals surface area contributed by atoms with Gasteiger partial charge in [0.1, 0.15) is 6.10 Å². The van der Waals surface area contributed by atoms with Gasteiger partial charge in [0.2, 0.25) is 0 Å². The van der Waals surface area contributed by atoms with Gasteiger partial charge in [0, 0.05) is 20.1 Å². The molecule has 3 heteroatoms. The minimum Gasteiger partial charge on any atom is -0.376 e. The maximum absolute atomic E-state index is 5.26. The van der Waals surface area contributed by atoms with Crippen LogP contribution in [-0.4, -0.2) is 32.7 Å². The number of ether oxygens (including phenoxy) is 3. The lowest BCUT2D eigenvalue weighted by Crippen LogP contribution is -2.25. The van der Waals surface area contributed by atoms with E-state index >= 15 is 0 Å². The van der Waals surface area contributed by atoms with Gasteiger partial charge in [-0.15, -0.1) is 0 Å². The van der Waals surface area contributed by atoms with E-state index in [0.29, 0.717) is 6.61 Å². The van der Waals surface area contributed by atoms with E-state index < -0.39 is 0 Å². The summed E-state index contributed by atoms with van der Waals surface area (Å²) >= 11 is 0. The Kier molecular flexibility index (Phi) is 3.12. The second-order valence-electron chi connectivity index (χ2n) is 2.26. The first-order valence-electron chi connectivity index (χ1n) is 3.64. The van der Waals surface area contributed by atoms with Gasteiger partial charge in [0.25, 0.3) is 0 Å². The zero-order valence-electron chi connectivity index (χ0n) is 6.50. The molecule has 0 aromatic rings. The van der Waals surface area contributed by atoms with E-state index in [4.69, 9.17) is 14.2 Å². The molecule has 0 radical (unpaired) electrons. The summed E-state index contributed by atoms with van der Waals surface area (Å²) in [5.74, 6) is 0. The Morgan fingerprint density at radius 3 is 3.00 bits per heavy atom. The van der Waals surface area contributed by atoms with Crippen molar-refractivity contribution in [1.29, 1.82) is 0 Å². The minimum atomic E-state index is -0.130. The SMILES string of the molecule is CCO[C@H]1OCC[C@@H]1OC. The molecule has 0 amide bonds. The summed E-state index contributed by atoms with van der Waals surface area (Å²) in [6, 6.07) is 0. The van der Waals surface area contributed by atoms with E-state index in [1.807, 2.05) is 6.92 Å². The third kappa shape index (κ3) is 1.68. The van der Waals surface area contributed by atoms with Crippen molar-refractivity contribution >= 4 is 0 Å². The molecule has 3 nitrogen and oxygen atoms in total. The highest BCUT2D eigenvalue weighted by Gasteiger charge is 2.27. The first kappa shape index (κ1) is 7.98. The van der Waals surface area contributed by atoms with Crippen molar-refractivity contribution in [2.75, 3.05) is 20.3 Å². The third-order valence-corrected chi connectivity index (χ3v) is 1.62. The average molecular weight is 146 g/mol. The van der Waals surface area contributed by atoms with Crippen molar-refractivity contribution in [3.63, 3.8) is 0 Å². The molecular formula is C7H14O3. The Morgan fingerprint density at radius 2 is 2.40 bits per heavy atom. The fourth-order valence-corrected chi connectivity index (χ4v) is 1.09. The summed E-state index contributed by atoms with van der Waals surface area (Å²) in [7, 11) is 1.69. The summed E-state index contributed by atoms with van der Waals surface area (Å²) in [6.07, 6.45) is 0.955. The Bertz CT molecular complexity index is 94.9. The van der Waals surface area contributed by atoms with Gasteiger partial charge in [-0.05, 0) is 6.92 Å². The highest BCUT2D eigenvalue weighted by atomic mass is 16.7. The predicted octanol–water partition coefficient (Wildman–Crippen LogP) is 0.784. The lowest BCUT2D eigenvalue weighted by Gasteiger charge is -2.15. The fourth-order valence-electron chi connectivity index (χ4n) is 1.09. The molecule has 0 aromatic heterocycles. The molecule has 0 bridgehead atoms. The van der Waals surface area contributed by atoms with Crippen LogP contribution < -0.4 is 0 Å². The van der Waals surface area contributed by atoms with E-state index in [-0.39, 0.29) is 12.4 Å². The van der Waals surface area contributed by atoms with Crippen molar-refractivity contribution in [2.45, 2.75) is 25.7 Å². The van der Waals surface area contributed by atoms with Gasteiger partial charge in [-0.2, -0.15) is 0 Å².